The Morgan fingerprint density at radius 1 is 0.941 bits per heavy atom. The molecule has 0 aliphatic rings. The smallest absolute Gasteiger partial charge is 0.251 e. The molecule has 3 rings (SSSR count). The molecule has 3 aromatic carbocycles. The fourth-order valence-electron chi connectivity index (χ4n) is 3.60. The number of para-hydroxylation sites is 1. The summed E-state index contributed by atoms with van der Waals surface area (Å²) in [5.74, 6) is 1.51. The lowest BCUT2D eigenvalue weighted by Crippen LogP contribution is -2.30. The number of aryl methyl sites for hydroxylation is 2. The predicted octanol–water partition coefficient (Wildman–Crippen LogP) is 5.59. The molecule has 0 heterocycles. The molecule has 0 unspecified atom stereocenters. The average molecular weight is 517 g/mol. The van der Waals surface area contributed by atoms with E-state index in [2.05, 4.69) is 5.32 Å². The molecule has 0 saturated carbocycles. The van der Waals surface area contributed by atoms with Crippen LogP contribution in [0.5, 0.6) is 0 Å². The lowest BCUT2D eigenvalue weighted by atomic mass is 10.1. The number of benzene rings is 3. The van der Waals surface area contributed by atoms with Crippen LogP contribution in [0.15, 0.2) is 66.7 Å². The Hall–Kier alpha value is -2.48. The van der Waals surface area contributed by atoms with E-state index in [1.807, 2.05) is 56.3 Å². The highest BCUT2D eigenvalue weighted by Gasteiger charge is 2.21. The molecule has 1 amide bonds. The minimum absolute atomic E-state index is 0.145. The van der Waals surface area contributed by atoms with Crippen molar-refractivity contribution in [2.24, 2.45) is 0 Å². The molecule has 0 aliphatic heterocycles. The van der Waals surface area contributed by atoms with Gasteiger partial charge in [-0.15, -0.1) is 0 Å². The summed E-state index contributed by atoms with van der Waals surface area (Å²) in [5.41, 5.74) is 5.04. The summed E-state index contributed by atoms with van der Waals surface area (Å²) >= 11 is 7.64. The molecule has 0 fully saturated rings. The van der Waals surface area contributed by atoms with Gasteiger partial charge in [-0.2, -0.15) is 11.8 Å². The number of nitrogens with zero attached hydrogens (tertiary/aromatic N) is 1. The van der Waals surface area contributed by atoms with E-state index in [1.165, 1.54) is 16.1 Å². The van der Waals surface area contributed by atoms with E-state index in [0.29, 0.717) is 17.8 Å². The van der Waals surface area contributed by atoms with Crippen LogP contribution in [-0.4, -0.2) is 32.9 Å². The Morgan fingerprint density at radius 3 is 2.12 bits per heavy atom. The van der Waals surface area contributed by atoms with Crippen LogP contribution in [0, 0.1) is 13.8 Å². The van der Waals surface area contributed by atoms with Crippen molar-refractivity contribution in [3.63, 3.8) is 0 Å². The minimum atomic E-state index is -3.48. The quantitative estimate of drug-likeness (QED) is 0.357. The molecule has 0 bridgehead atoms. The number of nitrogens with one attached hydrogen (secondary N) is 1. The normalized spacial score (nSPS) is 11.3. The molecule has 0 atom stereocenters. The van der Waals surface area contributed by atoms with Crippen LogP contribution in [0.2, 0.25) is 5.02 Å². The van der Waals surface area contributed by atoms with Crippen molar-refractivity contribution in [2.45, 2.75) is 26.1 Å². The summed E-state index contributed by atoms with van der Waals surface area (Å²) in [6.45, 7) is 4.57. The van der Waals surface area contributed by atoms with Crippen LogP contribution in [0.3, 0.4) is 0 Å². The molecule has 3 aromatic rings. The van der Waals surface area contributed by atoms with Gasteiger partial charge in [-0.25, -0.2) is 8.42 Å². The van der Waals surface area contributed by atoms with Gasteiger partial charge in [0.15, 0.2) is 0 Å². The number of hydrogen-bond donors (Lipinski definition) is 1. The fourth-order valence-corrected chi connectivity index (χ4v) is 5.55. The van der Waals surface area contributed by atoms with Crippen LogP contribution in [0.4, 0.5) is 5.69 Å². The van der Waals surface area contributed by atoms with E-state index in [4.69, 9.17) is 11.6 Å². The zero-order valence-corrected chi connectivity index (χ0v) is 21.9. The zero-order valence-electron chi connectivity index (χ0n) is 19.5. The van der Waals surface area contributed by atoms with Gasteiger partial charge in [-0.1, -0.05) is 54.1 Å². The van der Waals surface area contributed by atoms with Gasteiger partial charge < -0.3 is 5.32 Å². The van der Waals surface area contributed by atoms with Gasteiger partial charge in [0.25, 0.3) is 5.91 Å². The number of sulfonamides is 1. The van der Waals surface area contributed by atoms with Gasteiger partial charge in [-0.05, 0) is 60.4 Å². The molecule has 5 nitrogen and oxygen atoms in total. The Labute approximate surface area is 211 Å². The second-order valence-electron chi connectivity index (χ2n) is 8.14. The SMILES string of the molecule is Cc1cccc(C)c1N(Cc1ccc(C(=O)NCCSCc2ccc(Cl)cc2)cc1)S(C)(=O)=O. The molecule has 8 heteroatoms. The lowest BCUT2D eigenvalue weighted by Gasteiger charge is -2.26. The van der Waals surface area contributed by atoms with Crippen LogP contribution in [-0.2, 0) is 22.3 Å². The van der Waals surface area contributed by atoms with E-state index in [9.17, 15) is 13.2 Å². The lowest BCUT2D eigenvalue weighted by molar-refractivity contribution is 0.0956. The van der Waals surface area contributed by atoms with Crippen molar-refractivity contribution in [1.82, 2.24) is 5.32 Å². The molecule has 1 N–H and O–H groups in total. The highest BCUT2D eigenvalue weighted by atomic mass is 35.5. The molecule has 0 saturated heterocycles. The minimum Gasteiger partial charge on any atom is -0.351 e. The number of carbonyl (C=O) groups is 1. The van der Waals surface area contributed by atoms with Crippen molar-refractivity contribution in [3.8, 4) is 0 Å². The van der Waals surface area contributed by atoms with E-state index in [1.54, 1.807) is 36.0 Å². The maximum atomic E-state index is 12.5. The number of amides is 1. The summed E-state index contributed by atoms with van der Waals surface area (Å²) in [4.78, 5) is 12.5. The van der Waals surface area contributed by atoms with Crippen LogP contribution in [0.1, 0.15) is 32.6 Å². The molecular weight excluding hydrogens is 488 g/mol. The van der Waals surface area contributed by atoms with E-state index < -0.39 is 10.0 Å². The largest absolute Gasteiger partial charge is 0.351 e. The van der Waals surface area contributed by atoms with Crippen LogP contribution < -0.4 is 9.62 Å². The molecule has 0 aromatic heterocycles. The van der Waals surface area contributed by atoms with Crippen molar-refractivity contribution < 1.29 is 13.2 Å². The molecule has 0 spiro atoms. The number of thioether (sulfide) groups is 1. The van der Waals surface area contributed by atoms with Gasteiger partial charge in [-0.3, -0.25) is 9.10 Å². The average Bonchev–Trinajstić information content (AvgIpc) is 2.79. The maximum absolute atomic E-state index is 12.5. The first-order valence-corrected chi connectivity index (χ1v) is 14.3. The topological polar surface area (TPSA) is 66.5 Å². The Kier molecular flexibility index (Phi) is 9.05. The summed E-state index contributed by atoms with van der Waals surface area (Å²) in [7, 11) is -3.48. The summed E-state index contributed by atoms with van der Waals surface area (Å²) < 4.78 is 26.5. The standard InChI is InChI=1S/C26H29ClN2O3S2/c1-19-5-4-6-20(2)25(19)29(34(3,31)32)17-21-7-11-23(12-8-21)26(30)28-15-16-33-18-22-9-13-24(27)14-10-22/h4-14H,15-18H2,1-3H3,(H,28,30). The van der Waals surface area contributed by atoms with Gasteiger partial charge in [0, 0.05) is 28.6 Å². The molecule has 180 valence electrons. The Morgan fingerprint density at radius 2 is 1.53 bits per heavy atom. The first-order chi connectivity index (χ1) is 16.1. The van der Waals surface area contributed by atoms with Gasteiger partial charge >= 0.3 is 0 Å². The number of rotatable bonds is 10. The van der Waals surface area contributed by atoms with E-state index >= 15 is 0 Å². The molecule has 0 aliphatic carbocycles. The third kappa shape index (κ3) is 7.26. The third-order valence-corrected chi connectivity index (χ3v) is 7.74. The van der Waals surface area contributed by atoms with Crippen LogP contribution in [0.25, 0.3) is 0 Å². The third-order valence-electron chi connectivity index (χ3n) is 5.35. The number of hydrogen-bond acceptors (Lipinski definition) is 4. The first-order valence-electron chi connectivity index (χ1n) is 10.9. The second kappa shape index (κ2) is 11.8. The van der Waals surface area contributed by atoms with Crippen molar-refractivity contribution in [3.05, 3.63) is 99.6 Å². The number of halogens is 1. The first kappa shape index (κ1) is 26.1. The highest BCUT2D eigenvalue weighted by molar-refractivity contribution is 7.98. The maximum Gasteiger partial charge on any atom is 0.251 e. The highest BCUT2D eigenvalue weighted by Crippen LogP contribution is 2.28. The van der Waals surface area contributed by atoms with Gasteiger partial charge in [0.2, 0.25) is 10.0 Å². The van der Waals surface area contributed by atoms with Crippen molar-refractivity contribution >= 4 is 45.0 Å². The zero-order chi connectivity index (χ0) is 24.7. The number of anilines is 1. The van der Waals surface area contributed by atoms with E-state index in [-0.39, 0.29) is 12.5 Å². The monoisotopic (exact) mass is 516 g/mol. The molecule has 0 radical (unpaired) electrons. The van der Waals surface area contributed by atoms with Crippen molar-refractivity contribution in [2.75, 3.05) is 22.9 Å². The van der Waals surface area contributed by atoms with E-state index in [0.717, 1.165) is 33.2 Å². The molecule has 34 heavy (non-hydrogen) atoms. The Bertz CT molecular complexity index is 1210. The van der Waals surface area contributed by atoms with Gasteiger partial charge in [0.1, 0.15) is 0 Å². The summed E-state index contributed by atoms with van der Waals surface area (Å²) in [6.07, 6.45) is 1.21. The second-order valence-corrected chi connectivity index (χ2v) is 11.6. The van der Waals surface area contributed by atoms with Crippen molar-refractivity contribution in [1.29, 1.82) is 0 Å². The summed E-state index contributed by atoms with van der Waals surface area (Å²) in [6, 6.07) is 20.5. The fraction of sp³-hybridized carbons (Fsp3) is 0.269. The predicted molar refractivity (Wildman–Crippen MR) is 143 cm³/mol. The van der Waals surface area contributed by atoms with Gasteiger partial charge in [0.05, 0.1) is 18.5 Å². The molecular formula is C26H29ClN2O3S2. The Balaban J connectivity index is 1.56. The number of carbonyl (C=O) groups excluding carboxylic acids is 1. The summed E-state index contributed by atoms with van der Waals surface area (Å²) in [5, 5.41) is 3.66. The van der Waals surface area contributed by atoms with Crippen LogP contribution >= 0.6 is 23.4 Å².